The Bertz CT molecular complexity index is 379. The summed E-state index contributed by atoms with van der Waals surface area (Å²) in [6.07, 6.45) is 5.59. The van der Waals surface area contributed by atoms with Gasteiger partial charge in [0, 0.05) is 12.6 Å². The highest BCUT2D eigenvalue weighted by Gasteiger charge is 2.24. The number of nitrogens with one attached hydrogen (secondary N) is 2. The van der Waals surface area contributed by atoms with Crippen LogP contribution in [0.2, 0.25) is 5.02 Å². The van der Waals surface area contributed by atoms with Crippen LogP contribution in [0.5, 0.6) is 0 Å². The van der Waals surface area contributed by atoms with E-state index in [1.807, 2.05) is 6.92 Å². The van der Waals surface area contributed by atoms with Gasteiger partial charge in [0.15, 0.2) is 5.82 Å². The average Bonchev–Trinajstić information content (AvgIpc) is 2.21. The molecule has 1 heterocycles. The van der Waals surface area contributed by atoms with Crippen LogP contribution in [0.15, 0.2) is 6.20 Å². The molecule has 1 atom stereocenters. The zero-order valence-corrected chi connectivity index (χ0v) is 11.1. The van der Waals surface area contributed by atoms with Crippen LogP contribution in [0.4, 0.5) is 11.8 Å². The molecule has 0 aliphatic heterocycles. The van der Waals surface area contributed by atoms with E-state index in [0.717, 1.165) is 18.3 Å². The molecule has 0 saturated heterocycles. The topological polar surface area (TPSA) is 49.8 Å². The van der Waals surface area contributed by atoms with Crippen LogP contribution in [0.25, 0.3) is 0 Å². The molecule has 1 fully saturated rings. The lowest BCUT2D eigenvalue weighted by Crippen LogP contribution is -2.31. The molecule has 1 aliphatic carbocycles. The Balaban J connectivity index is 2.04. The Morgan fingerprint density at radius 2 is 2.29 bits per heavy atom. The molecule has 1 saturated carbocycles. The highest BCUT2D eigenvalue weighted by atomic mass is 35.5. The second kappa shape index (κ2) is 5.54. The van der Waals surface area contributed by atoms with E-state index < -0.39 is 0 Å². The van der Waals surface area contributed by atoms with Gasteiger partial charge in [-0.15, -0.1) is 0 Å². The normalized spacial score (nSPS) is 17.4. The van der Waals surface area contributed by atoms with E-state index in [9.17, 15) is 0 Å². The summed E-state index contributed by atoms with van der Waals surface area (Å²) >= 11 is 6.09. The summed E-state index contributed by atoms with van der Waals surface area (Å²) in [5.74, 6) is 2.11. The molecule has 0 amide bonds. The summed E-state index contributed by atoms with van der Waals surface area (Å²) in [5.41, 5.74) is 0. The Morgan fingerprint density at radius 1 is 1.53 bits per heavy atom. The third-order valence-corrected chi connectivity index (χ3v) is 3.58. The van der Waals surface area contributed by atoms with Gasteiger partial charge in [-0.1, -0.05) is 18.0 Å². The van der Waals surface area contributed by atoms with Crippen molar-refractivity contribution < 1.29 is 0 Å². The van der Waals surface area contributed by atoms with Crippen LogP contribution in [-0.2, 0) is 0 Å². The molecular weight excluding hydrogens is 236 g/mol. The molecule has 5 heteroatoms. The van der Waals surface area contributed by atoms with Gasteiger partial charge in [0.05, 0.1) is 6.20 Å². The number of hydrogen-bond acceptors (Lipinski definition) is 4. The number of hydrogen-bond donors (Lipinski definition) is 2. The first-order valence-electron chi connectivity index (χ1n) is 6.23. The number of rotatable bonds is 5. The monoisotopic (exact) mass is 254 g/mol. The number of nitrogens with zero attached hydrogens (tertiary/aromatic N) is 2. The molecule has 0 radical (unpaired) electrons. The molecule has 0 spiro atoms. The third kappa shape index (κ3) is 3.00. The Kier molecular flexibility index (Phi) is 4.05. The van der Waals surface area contributed by atoms with Crippen molar-refractivity contribution in [2.75, 3.05) is 17.2 Å². The molecule has 0 bridgehead atoms. The minimum atomic E-state index is 0.422. The first-order chi connectivity index (χ1) is 8.20. The minimum absolute atomic E-state index is 0.422. The SMILES string of the molecule is CCNc1ncc(Cl)c(NC(C)C2CCC2)n1. The average molecular weight is 255 g/mol. The first-order valence-corrected chi connectivity index (χ1v) is 6.61. The van der Waals surface area contributed by atoms with Crippen molar-refractivity contribution >= 4 is 23.4 Å². The van der Waals surface area contributed by atoms with E-state index in [2.05, 4.69) is 27.5 Å². The van der Waals surface area contributed by atoms with Gasteiger partial charge in [-0.05, 0) is 32.6 Å². The second-order valence-electron chi connectivity index (χ2n) is 4.54. The number of halogens is 1. The van der Waals surface area contributed by atoms with E-state index in [1.165, 1.54) is 19.3 Å². The van der Waals surface area contributed by atoms with Gasteiger partial charge >= 0.3 is 0 Å². The zero-order chi connectivity index (χ0) is 12.3. The van der Waals surface area contributed by atoms with Crippen LogP contribution in [0, 0.1) is 5.92 Å². The summed E-state index contributed by atoms with van der Waals surface area (Å²) in [5, 5.41) is 7.05. The molecule has 1 unspecified atom stereocenters. The minimum Gasteiger partial charge on any atom is -0.366 e. The van der Waals surface area contributed by atoms with Gasteiger partial charge in [-0.2, -0.15) is 4.98 Å². The fourth-order valence-electron chi connectivity index (χ4n) is 1.98. The third-order valence-electron chi connectivity index (χ3n) is 3.30. The summed E-state index contributed by atoms with van der Waals surface area (Å²) < 4.78 is 0. The van der Waals surface area contributed by atoms with E-state index in [1.54, 1.807) is 6.20 Å². The van der Waals surface area contributed by atoms with Gasteiger partial charge < -0.3 is 10.6 Å². The number of anilines is 2. The van der Waals surface area contributed by atoms with Crippen molar-refractivity contribution in [2.24, 2.45) is 5.92 Å². The molecule has 94 valence electrons. The fourth-order valence-corrected chi connectivity index (χ4v) is 2.13. The second-order valence-corrected chi connectivity index (χ2v) is 4.95. The smallest absolute Gasteiger partial charge is 0.224 e. The predicted molar refractivity (Wildman–Crippen MR) is 71.6 cm³/mol. The van der Waals surface area contributed by atoms with Crippen LogP contribution in [0.1, 0.15) is 33.1 Å². The molecule has 1 aliphatic rings. The molecule has 0 aromatic carbocycles. The van der Waals surface area contributed by atoms with Crippen molar-refractivity contribution in [3.63, 3.8) is 0 Å². The maximum absolute atomic E-state index is 6.09. The van der Waals surface area contributed by atoms with Crippen molar-refractivity contribution in [1.29, 1.82) is 0 Å². The largest absolute Gasteiger partial charge is 0.366 e. The van der Waals surface area contributed by atoms with Gasteiger partial charge in [-0.3, -0.25) is 0 Å². The van der Waals surface area contributed by atoms with Crippen LogP contribution < -0.4 is 10.6 Å². The van der Waals surface area contributed by atoms with Crippen LogP contribution >= 0.6 is 11.6 Å². The number of aromatic nitrogens is 2. The quantitative estimate of drug-likeness (QED) is 0.848. The molecular formula is C12H19ClN4. The molecule has 2 N–H and O–H groups in total. The summed E-state index contributed by atoms with van der Waals surface area (Å²) in [7, 11) is 0. The van der Waals surface area contributed by atoms with Gasteiger partial charge in [0.2, 0.25) is 5.95 Å². The van der Waals surface area contributed by atoms with E-state index in [-0.39, 0.29) is 0 Å². The molecule has 1 aromatic heterocycles. The molecule has 1 aromatic rings. The van der Waals surface area contributed by atoms with Crippen molar-refractivity contribution in [3.05, 3.63) is 11.2 Å². The first kappa shape index (κ1) is 12.4. The lowest BCUT2D eigenvalue weighted by Gasteiger charge is -2.32. The maximum atomic E-state index is 6.09. The van der Waals surface area contributed by atoms with E-state index in [0.29, 0.717) is 17.0 Å². The zero-order valence-electron chi connectivity index (χ0n) is 10.3. The standard InChI is InChI=1S/C12H19ClN4/c1-3-14-12-15-7-10(13)11(17-12)16-8(2)9-5-4-6-9/h7-9H,3-6H2,1-2H3,(H2,14,15,16,17). The summed E-state index contributed by atoms with van der Waals surface area (Å²) in [6.45, 7) is 5.01. The molecule has 2 rings (SSSR count). The van der Waals surface area contributed by atoms with Gasteiger partial charge in [-0.25, -0.2) is 4.98 Å². The van der Waals surface area contributed by atoms with E-state index >= 15 is 0 Å². The van der Waals surface area contributed by atoms with Crippen LogP contribution in [0.3, 0.4) is 0 Å². The summed E-state index contributed by atoms with van der Waals surface area (Å²) in [6, 6.07) is 0.422. The van der Waals surface area contributed by atoms with Gasteiger partial charge in [0.25, 0.3) is 0 Å². The summed E-state index contributed by atoms with van der Waals surface area (Å²) in [4.78, 5) is 8.50. The lowest BCUT2D eigenvalue weighted by molar-refractivity contribution is 0.285. The van der Waals surface area contributed by atoms with Crippen molar-refractivity contribution in [1.82, 2.24) is 9.97 Å². The predicted octanol–water partition coefficient (Wildman–Crippen LogP) is 3.16. The Morgan fingerprint density at radius 3 is 2.88 bits per heavy atom. The maximum Gasteiger partial charge on any atom is 0.224 e. The highest BCUT2D eigenvalue weighted by molar-refractivity contribution is 6.32. The van der Waals surface area contributed by atoms with Crippen molar-refractivity contribution in [2.45, 2.75) is 39.2 Å². The van der Waals surface area contributed by atoms with E-state index in [4.69, 9.17) is 11.6 Å². The fraction of sp³-hybridized carbons (Fsp3) is 0.667. The van der Waals surface area contributed by atoms with Crippen molar-refractivity contribution in [3.8, 4) is 0 Å². The Hall–Kier alpha value is -1.03. The highest BCUT2D eigenvalue weighted by Crippen LogP contribution is 2.31. The lowest BCUT2D eigenvalue weighted by atomic mass is 9.80. The Labute approximate surface area is 107 Å². The molecule has 4 nitrogen and oxygen atoms in total. The van der Waals surface area contributed by atoms with Crippen LogP contribution in [-0.4, -0.2) is 22.6 Å². The molecule has 17 heavy (non-hydrogen) atoms. The van der Waals surface area contributed by atoms with Gasteiger partial charge in [0.1, 0.15) is 5.02 Å².